The first-order chi connectivity index (χ1) is 3.55. The number of hydrogen-bond donors (Lipinski definition) is 1. The Balaban J connectivity index is 3.64. The van der Waals surface area contributed by atoms with Crippen molar-refractivity contribution in [3.63, 3.8) is 0 Å². The maximum atomic E-state index is 10.1. The minimum absolute atomic E-state index is 0.0278. The van der Waals surface area contributed by atoms with Crippen LogP contribution in [0, 0.1) is 0 Å². The molecule has 0 saturated heterocycles. The molecule has 0 aliphatic rings. The molecule has 2 nitrogen and oxygen atoms in total. The third-order valence-electron chi connectivity index (χ3n) is 0.639. The van der Waals surface area contributed by atoms with Gasteiger partial charge in [0.15, 0.2) is 0 Å². The van der Waals surface area contributed by atoms with Crippen LogP contribution >= 0.6 is 31.9 Å². The van der Waals surface area contributed by atoms with Crippen molar-refractivity contribution in [2.75, 3.05) is 0 Å². The first-order valence-corrected chi connectivity index (χ1v) is 3.89. The molecule has 0 amide bonds. The lowest BCUT2D eigenvalue weighted by Gasteiger charge is -2.03. The van der Waals surface area contributed by atoms with Crippen LogP contribution in [0.2, 0.25) is 0 Å². The smallest absolute Gasteiger partial charge is 0.318 e. The number of carboxylic acids is 1. The first-order valence-electron chi connectivity index (χ1n) is 2.06. The molecule has 4 heteroatoms. The molecule has 8 heavy (non-hydrogen) atoms. The number of rotatable bonds is 2. The molecule has 48 valence electrons. The summed E-state index contributed by atoms with van der Waals surface area (Å²) in [5, 5.41) is 8.28. The Morgan fingerprint density at radius 1 is 1.62 bits per heavy atom. The van der Waals surface area contributed by atoms with E-state index in [4.69, 9.17) is 5.11 Å². The van der Waals surface area contributed by atoms with E-state index >= 15 is 0 Å². The van der Waals surface area contributed by atoms with Gasteiger partial charge in [0.25, 0.3) is 0 Å². The van der Waals surface area contributed by atoms with Crippen molar-refractivity contribution in [1.29, 1.82) is 0 Å². The highest BCUT2D eigenvalue weighted by atomic mass is 79.9. The molecule has 0 unspecified atom stereocenters. The van der Waals surface area contributed by atoms with Crippen LogP contribution in [-0.4, -0.2) is 20.7 Å². The van der Waals surface area contributed by atoms with E-state index in [1.54, 1.807) is 6.92 Å². The fourth-order valence-corrected chi connectivity index (χ4v) is 0.423. The Labute approximate surface area is 64.5 Å². The van der Waals surface area contributed by atoms with Crippen LogP contribution in [0.25, 0.3) is 0 Å². The highest BCUT2D eigenvalue weighted by Crippen LogP contribution is 2.12. The zero-order valence-electron chi connectivity index (χ0n) is 4.27. The second kappa shape index (κ2) is 3.45. The van der Waals surface area contributed by atoms with E-state index in [9.17, 15) is 4.79 Å². The van der Waals surface area contributed by atoms with E-state index in [-0.39, 0.29) is 4.83 Å². The van der Waals surface area contributed by atoms with Gasteiger partial charge in [-0.25, -0.2) is 0 Å². The Morgan fingerprint density at radius 3 is 2.00 bits per heavy atom. The van der Waals surface area contributed by atoms with Gasteiger partial charge in [0, 0.05) is 4.83 Å². The second-order valence-corrected chi connectivity index (χ2v) is 3.85. The van der Waals surface area contributed by atoms with E-state index in [2.05, 4.69) is 31.9 Å². The Bertz CT molecular complexity index is 92.0. The van der Waals surface area contributed by atoms with Gasteiger partial charge in [0.2, 0.25) is 0 Å². The molecule has 0 aromatic carbocycles. The van der Waals surface area contributed by atoms with Crippen LogP contribution in [0.4, 0.5) is 0 Å². The number of carbonyl (C=O) groups is 1. The first kappa shape index (κ1) is 8.43. The summed E-state index contributed by atoms with van der Waals surface area (Å²) >= 11 is 6.07. The average Bonchev–Trinajstić information content (AvgIpc) is 1.64. The van der Waals surface area contributed by atoms with E-state index in [1.165, 1.54) is 0 Å². The minimum Gasteiger partial charge on any atom is -0.480 e. The molecule has 0 saturated carbocycles. The molecule has 0 heterocycles. The molecular weight excluding hydrogens is 240 g/mol. The Hall–Kier alpha value is 0.430. The molecule has 1 N–H and O–H groups in total. The summed E-state index contributed by atoms with van der Waals surface area (Å²) < 4.78 is 0. The van der Waals surface area contributed by atoms with Gasteiger partial charge in [-0.1, -0.05) is 38.8 Å². The summed E-state index contributed by atoms with van der Waals surface area (Å²) in [7, 11) is 0. The van der Waals surface area contributed by atoms with Crippen LogP contribution in [-0.2, 0) is 4.79 Å². The fraction of sp³-hybridized carbons (Fsp3) is 0.750. The molecule has 0 bridgehead atoms. The van der Waals surface area contributed by atoms with Crippen LogP contribution in [0.3, 0.4) is 0 Å². The molecule has 0 radical (unpaired) electrons. The van der Waals surface area contributed by atoms with Crippen LogP contribution in [0.1, 0.15) is 6.92 Å². The maximum absolute atomic E-state index is 10.1. The van der Waals surface area contributed by atoms with E-state index in [0.717, 1.165) is 0 Å². The van der Waals surface area contributed by atoms with Gasteiger partial charge in [-0.15, -0.1) is 0 Å². The summed E-state index contributed by atoms with van der Waals surface area (Å²) in [6.45, 7) is 1.77. The Kier molecular flexibility index (Phi) is 3.64. The van der Waals surface area contributed by atoms with E-state index in [1.807, 2.05) is 0 Å². The Morgan fingerprint density at radius 2 is 2.00 bits per heavy atom. The van der Waals surface area contributed by atoms with Gasteiger partial charge in [-0.3, -0.25) is 4.79 Å². The van der Waals surface area contributed by atoms with Gasteiger partial charge >= 0.3 is 5.97 Å². The summed E-state index contributed by atoms with van der Waals surface area (Å²) in [5.41, 5.74) is 0. The third kappa shape index (κ3) is 2.67. The highest BCUT2D eigenvalue weighted by Gasteiger charge is 2.17. The number of halogens is 2. The van der Waals surface area contributed by atoms with Crippen LogP contribution < -0.4 is 0 Å². The predicted octanol–water partition coefficient (Wildman–Crippen LogP) is 1.62. The lowest BCUT2D eigenvalue weighted by Crippen LogP contribution is -2.20. The van der Waals surface area contributed by atoms with Gasteiger partial charge in [0.05, 0.1) is 0 Å². The lowest BCUT2D eigenvalue weighted by molar-refractivity contribution is -0.136. The monoisotopic (exact) mass is 244 g/mol. The molecule has 0 spiro atoms. The molecule has 0 fully saturated rings. The molecular formula is C4H6Br2O2. The number of hydrogen-bond acceptors (Lipinski definition) is 1. The van der Waals surface area contributed by atoms with Crippen molar-refractivity contribution in [3.8, 4) is 0 Å². The minimum atomic E-state index is -0.839. The number of aliphatic carboxylic acids is 1. The van der Waals surface area contributed by atoms with Crippen LogP contribution in [0.5, 0.6) is 0 Å². The van der Waals surface area contributed by atoms with E-state index in [0.29, 0.717) is 0 Å². The fourth-order valence-electron chi connectivity index (χ4n) is 0.196. The number of carboxylic acid groups (broad SMARTS) is 1. The molecule has 0 aromatic rings. The van der Waals surface area contributed by atoms with Crippen molar-refractivity contribution in [3.05, 3.63) is 0 Å². The van der Waals surface area contributed by atoms with Crippen molar-refractivity contribution in [2.45, 2.75) is 16.6 Å². The normalized spacial score (nSPS) is 17.4. The third-order valence-corrected chi connectivity index (χ3v) is 3.06. The largest absolute Gasteiger partial charge is 0.480 e. The van der Waals surface area contributed by atoms with Crippen molar-refractivity contribution >= 4 is 37.8 Å². The van der Waals surface area contributed by atoms with Crippen LogP contribution in [0.15, 0.2) is 0 Å². The lowest BCUT2D eigenvalue weighted by atomic mass is 10.3. The zero-order valence-corrected chi connectivity index (χ0v) is 7.44. The van der Waals surface area contributed by atoms with Gasteiger partial charge in [0.1, 0.15) is 4.83 Å². The summed E-state index contributed by atoms with van der Waals surface area (Å²) in [6.07, 6.45) is 0. The standard InChI is InChI=1S/C4H6Br2O2/c1-2(5)3(6)4(7)8/h2-3H,1H3,(H,7,8)/t2-,3+/m1/s1. The zero-order chi connectivity index (χ0) is 6.73. The highest BCUT2D eigenvalue weighted by molar-refractivity contribution is 9.12. The number of alkyl halides is 2. The van der Waals surface area contributed by atoms with Crippen molar-refractivity contribution in [1.82, 2.24) is 0 Å². The SMILES string of the molecule is C[C@@H](Br)[C@H](Br)C(=O)O. The molecule has 0 aliphatic heterocycles. The second-order valence-electron chi connectivity index (χ2n) is 1.42. The summed E-state index contributed by atoms with van der Waals surface area (Å²) in [4.78, 5) is 9.55. The quantitative estimate of drug-likeness (QED) is 0.751. The topological polar surface area (TPSA) is 37.3 Å². The molecule has 0 aromatic heterocycles. The summed E-state index contributed by atoms with van der Waals surface area (Å²) in [5.74, 6) is -0.839. The molecule has 2 atom stereocenters. The van der Waals surface area contributed by atoms with E-state index < -0.39 is 10.8 Å². The van der Waals surface area contributed by atoms with Crippen molar-refractivity contribution < 1.29 is 9.90 Å². The van der Waals surface area contributed by atoms with Gasteiger partial charge in [-0.2, -0.15) is 0 Å². The maximum Gasteiger partial charge on any atom is 0.318 e. The van der Waals surface area contributed by atoms with Crippen molar-refractivity contribution in [2.24, 2.45) is 0 Å². The summed E-state index contributed by atoms with van der Waals surface area (Å²) in [6, 6.07) is 0. The predicted molar refractivity (Wildman–Crippen MR) is 38.7 cm³/mol. The molecule has 0 rings (SSSR count). The van der Waals surface area contributed by atoms with Gasteiger partial charge in [-0.05, 0) is 0 Å². The average molecular weight is 246 g/mol. The molecule has 0 aliphatic carbocycles. The van der Waals surface area contributed by atoms with Gasteiger partial charge < -0.3 is 5.11 Å².